The van der Waals surface area contributed by atoms with Crippen LogP contribution in [0.2, 0.25) is 0 Å². The molecule has 0 aromatic carbocycles. The number of nitrogens with zero attached hydrogens (tertiary/aromatic N) is 8. The molecule has 5 rings (SSSR count). The van der Waals surface area contributed by atoms with Gasteiger partial charge >= 0.3 is 24.9 Å². The summed E-state index contributed by atoms with van der Waals surface area (Å²) in [6.45, 7) is -4.68. The first-order chi connectivity index (χ1) is 22.6. The summed E-state index contributed by atoms with van der Waals surface area (Å²) in [5.41, 5.74) is -2.02. The lowest BCUT2D eigenvalue weighted by atomic mass is 9.90. The molecule has 20 heteroatoms. The molecule has 0 atom stereocenters. The predicted octanol–water partition coefficient (Wildman–Crippen LogP) is 5.41. The van der Waals surface area contributed by atoms with Crippen molar-refractivity contribution in [2.75, 3.05) is 16.8 Å². The lowest BCUT2D eigenvalue weighted by Gasteiger charge is -2.36. The first kappa shape index (κ1) is 34.2. The number of anilines is 2. The zero-order chi connectivity index (χ0) is 34.8. The zero-order valence-electron chi connectivity index (χ0n) is 24.8. The first-order valence-corrected chi connectivity index (χ1v) is 14.3. The second kappa shape index (κ2) is 13.5. The number of carbonyl (C=O) groups is 1. The molecule has 1 fully saturated rings. The van der Waals surface area contributed by atoms with Crippen LogP contribution in [0.15, 0.2) is 54.0 Å². The van der Waals surface area contributed by atoms with E-state index in [1.54, 1.807) is 13.1 Å². The van der Waals surface area contributed by atoms with Gasteiger partial charge in [0, 0.05) is 49.4 Å². The van der Waals surface area contributed by atoms with E-state index in [9.17, 15) is 44.7 Å². The van der Waals surface area contributed by atoms with Gasteiger partial charge in [-0.05, 0) is 37.8 Å². The van der Waals surface area contributed by atoms with Crippen LogP contribution in [-0.2, 0) is 13.2 Å². The number of aryl methyl sites for hydroxylation is 1. The van der Waals surface area contributed by atoms with E-state index in [0.29, 0.717) is 11.8 Å². The second-order valence-corrected chi connectivity index (χ2v) is 10.8. The molecule has 0 unspecified atom stereocenters. The van der Waals surface area contributed by atoms with Crippen LogP contribution in [0.25, 0.3) is 22.6 Å². The van der Waals surface area contributed by atoms with Gasteiger partial charge in [0.1, 0.15) is 23.5 Å². The van der Waals surface area contributed by atoms with E-state index in [1.165, 1.54) is 29.2 Å². The Hall–Kier alpha value is -5.17. The number of nitrogens with one attached hydrogen (secondary N) is 2. The summed E-state index contributed by atoms with van der Waals surface area (Å²) in [5.74, 6) is -0.275. The predicted molar refractivity (Wildman–Crippen MR) is 154 cm³/mol. The monoisotopic (exact) mass is 686 g/mol. The minimum absolute atomic E-state index is 0.0439. The van der Waals surface area contributed by atoms with Gasteiger partial charge in [0.2, 0.25) is 5.95 Å². The van der Waals surface area contributed by atoms with Gasteiger partial charge < -0.3 is 15.2 Å². The Morgan fingerprint density at radius 3 is 2.29 bits per heavy atom. The van der Waals surface area contributed by atoms with Crippen molar-refractivity contribution in [1.29, 1.82) is 0 Å². The average molecular weight is 687 g/mol. The van der Waals surface area contributed by atoms with Crippen LogP contribution < -0.4 is 21.1 Å². The van der Waals surface area contributed by atoms with E-state index >= 15 is 0 Å². The molecule has 0 aliphatic heterocycles. The molecule has 0 spiro atoms. The fraction of sp³-hybridized carbons (Fsp3) is 0.393. The normalized spacial score (nSPS) is 17.0. The summed E-state index contributed by atoms with van der Waals surface area (Å²) in [4.78, 5) is 42.3. The van der Waals surface area contributed by atoms with Crippen LogP contribution >= 0.6 is 0 Å². The lowest BCUT2D eigenvalue weighted by Crippen LogP contribution is -2.50. The molecule has 4 aromatic rings. The highest BCUT2D eigenvalue weighted by atomic mass is 19.4. The number of pyridine rings is 1. The Balaban J connectivity index is 1.33. The van der Waals surface area contributed by atoms with Gasteiger partial charge in [-0.15, -0.1) is 0 Å². The highest BCUT2D eigenvalue weighted by Crippen LogP contribution is 2.36. The maximum atomic E-state index is 13.7. The summed E-state index contributed by atoms with van der Waals surface area (Å²) < 4.78 is 107. The van der Waals surface area contributed by atoms with Gasteiger partial charge in [-0.3, -0.25) is 14.7 Å². The molecular weight excluding hydrogens is 660 g/mol. The Kier molecular flexibility index (Phi) is 9.62. The smallest absolute Gasteiger partial charge is 0.351 e. The Morgan fingerprint density at radius 2 is 1.71 bits per heavy atom. The highest BCUT2D eigenvalue weighted by Gasteiger charge is 2.37. The summed E-state index contributed by atoms with van der Waals surface area (Å²) >= 11 is 0. The van der Waals surface area contributed by atoms with Gasteiger partial charge in [-0.2, -0.15) is 40.2 Å². The number of rotatable bonds is 8. The molecule has 256 valence electrons. The van der Waals surface area contributed by atoms with Crippen molar-refractivity contribution in [3.05, 3.63) is 65.1 Å². The van der Waals surface area contributed by atoms with Crippen LogP contribution in [0.4, 0.5) is 51.7 Å². The third-order valence-electron chi connectivity index (χ3n) is 7.48. The Labute approximate surface area is 265 Å². The maximum absolute atomic E-state index is 13.7. The fourth-order valence-electron chi connectivity index (χ4n) is 5.11. The van der Waals surface area contributed by atoms with E-state index in [4.69, 9.17) is 0 Å². The Bertz CT molecular complexity index is 1800. The minimum Gasteiger partial charge on any atom is -0.351 e. The molecular formula is C28H26F8N10O2. The van der Waals surface area contributed by atoms with E-state index in [2.05, 4.69) is 30.4 Å². The Morgan fingerprint density at radius 1 is 0.979 bits per heavy atom. The molecule has 1 aliphatic rings. The van der Waals surface area contributed by atoms with Crippen LogP contribution in [0.3, 0.4) is 0 Å². The van der Waals surface area contributed by atoms with E-state index in [0.717, 1.165) is 17.2 Å². The molecule has 12 nitrogen and oxygen atoms in total. The molecule has 4 heterocycles. The number of hydrogen-bond donors (Lipinski definition) is 2. The molecule has 2 amide bonds. The zero-order valence-corrected chi connectivity index (χ0v) is 24.8. The third-order valence-corrected chi connectivity index (χ3v) is 7.48. The maximum Gasteiger partial charge on any atom is 0.420 e. The van der Waals surface area contributed by atoms with Crippen LogP contribution in [0.1, 0.15) is 37.8 Å². The van der Waals surface area contributed by atoms with Crippen molar-refractivity contribution < 1.29 is 39.9 Å². The molecule has 1 saturated carbocycles. The van der Waals surface area contributed by atoms with Crippen molar-refractivity contribution >= 4 is 17.8 Å². The summed E-state index contributed by atoms with van der Waals surface area (Å²) in [6, 6.07) is 1.75. The topological polar surface area (TPSA) is 136 Å². The van der Waals surface area contributed by atoms with Crippen molar-refractivity contribution in [3.8, 4) is 22.6 Å². The fourth-order valence-corrected chi connectivity index (χ4v) is 5.11. The highest BCUT2D eigenvalue weighted by molar-refractivity contribution is 5.91. The van der Waals surface area contributed by atoms with E-state index in [1.807, 2.05) is 5.32 Å². The van der Waals surface area contributed by atoms with Gasteiger partial charge in [0.25, 0.3) is 5.56 Å². The third kappa shape index (κ3) is 8.03. The van der Waals surface area contributed by atoms with Crippen molar-refractivity contribution in [1.82, 2.24) is 39.6 Å². The van der Waals surface area contributed by atoms with E-state index in [-0.39, 0.29) is 53.4 Å². The number of carbonyl (C=O) groups excluding carboxylic acids is 1. The molecule has 0 radical (unpaired) electrons. The van der Waals surface area contributed by atoms with E-state index < -0.39 is 60.5 Å². The van der Waals surface area contributed by atoms with Gasteiger partial charge in [-0.25, -0.2) is 24.4 Å². The van der Waals surface area contributed by atoms with Crippen LogP contribution in [-0.4, -0.2) is 65.1 Å². The summed E-state index contributed by atoms with van der Waals surface area (Å²) in [5, 5.41) is 8.24. The number of urea groups is 1. The number of hydrogen-bond acceptors (Lipinski definition) is 8. The second-order valence-electron chi connectivity index (χ2n) is 10.8. The molecule has 4 aromatic heterocycles. The van der Waals surface area contributed by atoms with Crippen molar-refractivity contribution in [2.45, 2.75) is 56.7 Å². The minimum atomic E-state index is -4.91. The van der Waals surface area contributed by atoms with Crippen LogP contribution in [0.5, 0.6) is 0 Å². The SMILES string of the molecule is Cn1ccc(-c2cnc(N(C(=O)NCC(F)(F)F)[C@H]3CC[C@H](Nc4ncc(C(F)(F)F)c(-c5ccn(C(F)F)n5)n4)CC3)cn2)cc1=O. The molecule has 0 bridgehead atoms. The van der Waals surface area contributed by atoms with Crippen molar-refractivity contribution in [3.63, 3.8) is 0 Å². The quantitative estimate of drug-likeness (QED) is 0.235. The first-order valence-electron chi connectivity index (χ1n) is 14.3. The molecule has 1 aliphatic carbocycles. The number of aromatic nitrogens is 7. The number of halogens is 8. The number of alkyl halides is 8. The summed E-state index contributed by atoms with van der Waals surface area (Å²) in [6.07, 6.45) is -3.24. The summed E-state index contributed by atoms with van der Waals surface area (Å²) in [7, 11) is 1.56. The molecule has 48 heavy (non-hydrogen) atoms. The van der Waals surface area contributed by atoms with Crippen molar-refractivity contribution in [2.24, 2.45) is 7.05 Å². The largest absolute Gasteiger partial charge is 0.420 e. The van der Waals surface area contributed by atoms with Gasteiger partial charge in [0.15, 0.2) is 5.82 Å². The lowest BCUT2D eigenvalue weighted by molar-refractivity contribution is -0.137. The van der Waals surface area contributed by atoms with Crippen LogP contribution in [0, 0.1) is 0 Å². The average Bonchev–Trinajstić information content (AvgIpc) is 3.53. The molecule has 2 N–H and O–H groups in total. The molecule has 0 saturated heterocycles. The van der Waals surface area contributed by atoms with Gasteiger partial charge in [0.05, 0.1) is 18.1 Å². The number of amides is 2. The van der Waals surface area contributed by atoms with Gasteiger partial charge in [-0.1, -0.05) is 0 Å². The standard InChI is InChI=1S/C28H26F8N10O2/c1-44-8-6-15(10-22(44)47)20-12-38-21(13-37-20)46(26(48)40-14-27(31,32)33)17-4-2-16(3-5-17)41-25-39-11-18(28(34,35)36)23(42-25)19-7-9-45(43-19)24(29)30/h6-13,16-17,24H,2-5,14H2,1H3,(H,40,48)(H,39,41,42)/t16-,17-.